The van der Waals surface area contributed by atoms with Gasteiger partial charge < -0.3 is 4.42 Å². The Bertz CT molecular complexity index is 1090. The summed E-state index contributed by atoms with van der Waals surface area (Å²) in [6, 6.07) is 8.64. The summed E-state index contributed by atoms with van der Waals surface area (Å²) in [7, 11) is 0. The number of carbonyl (C=O) groups is 3. The highest BCUT2D eigenvalue weighted by Gasteiger charge is 2.36. The maximum absolute atomic E-state index is 13.8. The molecule has 0 unspecified atom stereocenters. The first-order valence-corrected chi connectivity index (χ1v) is 7.98. The largest absolute Gasteiger partial charge is 0.403 e. The van der Waals surface area contributed by atoms with E-state index in [1.54, 1.807) is 12.1 Å². The zero-order valence-corrected chi connectivity index (χ0v) is 14.0. The van der Waals surface area contributed by atoms with Crippen molar-refractivity contribution in [2.45, 2.75) is 0 Å². The van der Waals surface area contributed by atoms with Crippen LogP contribution in [0.3, 0.4) is 0 Å². The summed E-state index contributed by atoms with van der Waals surface area (Å²) < 4.78 is 31.9. The highest BCUT2D eigenvalue weighted by atomic mass is 19.1. The van der Waals surface area contributed by atoms with Gasteiger partial charge in [-0.3, -0.25) is 24.6 Å². The quantitative estimate of drug-likeness (QED) is 0.692. The van der Waals surface area contributed by atoms with Gasteiger partial charge in [0, 0.05) is 6.07 Å². The summed E-state index contributed by atoms with van der Waals surface area (Å²) in [5.74, 6) is -3.88. The van der Waals surface area contributed by atoms with Crippen molar-refractivity contribution < 1.29 is 27.6 Å². The van der Waals surface area contributed by atoms with Crippen molar-refractivity contribution in [2.75, 3.05) is 11.9 Å². The second kappa shape index (κ2) is 6.65. The van der Waals surface area contributed by atoms with Crippen LogP contribution in [0, 0.1) is 11.6 Å². The predicted molar refractivity (Wildman–Crippen MR) is 90.1 cm³/mol. The van der Waals surface area contributed by atoms with Crippen molar-refractivity contribution in [1.29, 1.82) is 0 Å². The SMILES string of the molecule is O=C(CN1C(=O)c2ccccc2C1=O)Nc1nnc(-c2ccc(F)cc2F)o1. The molecule has 2 heterocycles. The number of nitrogens with zero attached hydrogens (tertiary/aromatic N) is 3. The van der Waals surface area contributed by atoms with Crippen molar-refractivity contribution in [3.05, 3.63) is 65.2 Å². The van der Waals surface area contributed by atoms with E-state index in [0.29, 0.717) is 6.07 Å². The average Bonchev–Trinajstić information content (AvgIpc) is 3.21. The number of benzene rings is 2. The van der Waals surface area contributed by atoms with Gasteiger partial charge in [-0.05, 0) is 24.3 Å². The molecule has 0 atom stereocenters. The number of imide groups is 1. The van der Waals surface area contributed by atoms with Crippen LogP contribution in [-0.4, -0.2) is 39.4 Å². The molecular weight excluding hydrogens is 374 g/mol. The number of halogens is 2. The van der Waals surface area contributed by atoms with E-state index >= 15 is 0 Å². The summed E-state index contributed by atoms with van der Waals surface area (Å²) in [5, 5.41) is 9.37. The third-order valence-corrected chi connectivity index (χ3v) is 4.01. The van der Waals surface area contributed by atoms with Crippen LogP contribution in [0.1, 0.15) is 20.7 Å². The number of amides is 3. The van der Waals surface area contributed by atoms with Gasteiger partial charge in [0.1, 0.15) is 18.2 Å². The molecule has 3 aromatic rings. The van der Waals surface area contributed by atoms with Gasteiger partial charge in [-0.2, -0.15) is 0 Å². The highest BCUT2D eigenvalue weighted by Crippen LogP contribution is 2.24. The Labute approximate surface area is 155 Å². The molecule has 2 aromatic carbocycles. The Morgan fingerprint density at radius 3 is 2.32 bits per heavy atom. The fourth-order valence-corrected chi connectivity index (χ4v) is 2.73. The molecule has 1 aromatic heterocycles. The third kappa shape index (κ3) is 3.00. The fourth-order valence-electron chi connectivity index (χ4n) is 2.73. The molecule has 0 fully saturated rings. The first-order chi connectivity index (χ1) is 13.4. The zero-order valence-electron chi connectivity index (χ0n) is 14.0. The van der Waals surface area contributed by atoms with E-state index < -0.39 is 35.9 Å². The first-order valence-electron chi connectivity index (χ1n) is 7.98. The van der Waals surface area contributed by atoms with Gasteiger partial charge in [0.15, 0.2) is 0 Å². The van der Waals surface area contributed by atoms with Crippen LogP contribution < -0.4 is 5.32 Å². The van der Waals surface area contributed by atoms with Gasteiger partial charge in [-0.25, -0.2) is 8.78 Å². The molecule has 0 aliphatic carbocycles. The topological polar surface area (TPSA) is 105 Å². The maximum atomic E-state index is 13.8. The van der Waals surface area contributed by atoms with E-state index in [4.69, 9.17) is 4.42 Å². The van der Waals surface area contributed by atoms with Gasteiger partial charge in [0.05, 0.1) is 16.7 Å². The fraction of sp³-hybridized carbons (Fsp3) is 0.0556. The van der Waals surface area contributed by atoms with Crippen LogP contribution in [-0.2, 0) is 4.79 Å². The number of hydrogen-bond donors (Lipinski definition) is 1. The maximum Gasteiger partial charge on any atom is 0.322 e. The molecule has 1 aliphatic heterocycles. The monoisotopic (exact) mass is 384 g/mol. The number of aromatic nitrogens is 2. The van der Waals surface area contributed by atoms with Crippen molar-refractivity contribution in [1.82, 2.24) is 15.1 Å². The van der Waals surface area contributed by atoms with E-state index in [1.165, 1.54) is 12.1 Å². The molecule has 1 aliphatic rings. The summed E-state index contributed by atoms with van der Waals surface area (Å²) >= 11 is 0. The number of anilines is 1. The highest BCUT2D eigenvalue weighted by molar-refractivity contribution is 6.22. The molecule has 0 spiro atoms. The average molecular weight is 384 g/mol. The molecule has 28 heavy (non-hydrogen) atoms. The Balaban J connectivity index is 1.46. The second-order valence-corrected chi connectivity index (χ2v) is 5.83. The lowest BCUT2D eigenvalue weighted by molar-refractivity contribution is -0.116. The molecule has 0 bridgehead atoms. The molecule has 10 heteroatoms. The van der Waals surface area contributed by atoms with Crippen LogP contribution in [0.15, 0.2) is 46.9 Å². The smallest absolute Gasteiger partial charge is 0.322 e. The van der Waals surface area contributed by atoms with Gasteiger partial charge in [0.25, 0.3) is 17.7 Å². The molecule has 8 nitrogen and oxygen atoms in total. The Hall–Kier alpha value is -3.95. The van der Waals surface area contributed by atoms with E-state index in [-0.39, 0.29) is 28.6 Å². The molecule has 3 amide bonds. The minimum absolute atomic E-state index is 0.144. The molecule has 0 saturated heterocycles. The first kappa shape index (κ1) is 17.5. The Morgan fingerprint density at radius 1 is 1.00 bits per heavy atom. The third-order valence-electron chi connectivity index (χ3n) is 4.01. The summed E-state index contributed by atoms with van der Waals surface area (Å²) in [4.78, 5) is 37.4. The van der Waals surface area contributed by atoms with Gasteiger partial charge in [-0.15, -0.1) is 5.10 Å². The van der Waals surface area contributed by atoms with E-state index in [1.807, 2.05) is 0 Å². The number of carbonyl (C=O) groups excluding carboxylic acids is 3. The van der Waals surface area contributed by atoms with Crippen molar-refractivity contribution in [3.63, 3.8) is 0 Å². The molecular formula is C18H10F2N4O4. The number of nitrogens with one attached hydrogen (secondary N) is 1. The van der Waals surface area contributed by atoms with Crippen LogP contribution in [0.5, 0.6) is 0 Å². The molecule has 1 N–H and O–H groups in total. The van der Waals surface area contributed by atoms with E-state index in [0.717, 1.165) is 17.0 Å². The molecule has 140 valence electrons. The van der Waals surface area contributed by atoms with Gasteiger partial charge in [-0.1, -0.05) is 17.2 Å². The standard InChI is InChI=1S/C18H10F2N4O4/c19-9-5-6-12(13(20)7-9)15-22-23-18(28-15)21-14(25)8-24-16(26)10-3-1-2-4-11(10)17(24)27/h1-7H,8H2,(H,21,23,25). The normalized spacial score (nSPS) is 13.0. The van der Waals surface area contributed by atoms with Crippen molar-refractivity contribution in [2.24, 2.45) is 0 Å². The van der Waals surface area contributed by atoms with E-state index in [9.17, 15) is 23.2 Å². The minimum atomic E-state index is -0.910. The van der Waals surface area contributed by atoms with Gasteiger partial charge in [0.2, 0.25) is 5.91 Å². The lowest BCUT2D eigenvalue weighted by Gasteiger charge is -2.12. The Kier molecular flexibility index (Phi) is 4.15. The van der Waals surface area contributed by atoms with Crippen LogP contribution in [0.25, 0.3) is 11.5 Å². The van der Waals surface area contributed by atoms with Gasteiger partial charge >= 0.3 is 6.01 Å². The lowest BCUT2D eigenvalue weighted by atomic mass is 10.1. The second-order valence-electron chi connectivity index (χ2n) is 5.83. The van der Waals surface area contributed by atoms with Crippen molar-refractivity contribution >= 4 is 23.7 Å². The Morgan fingerprint density at radius 2 is 1.68 bits per heavy atom. The van der Waals surface area contributed by atoms with Crippen LogP contribution >= 0.6 is 0 Å². The summed E-state index contributed by atoms with van der Waals surface area (Å²) in [6.45, 7) is -0.561. The number of fused-ring (bicyclic) bond motifs is 1. The summed E-state index contributed by atoms with van der Waals surface area (Å²) in [6.07, 6.45) is 0. The minimum Gasteiger partial charge on any atom is -0.403 e. The molecule has 4 rings (SSSR count). The van der Waals surface area contributed by atoms with E-state index in [2.05, 4.69) is 15.5 Å². The zero-order chi connectivity index (χ0) is 19.8. The van der Waals surface area contributed by atoms with Crippen LogP contribution in [0.4, 0.5) is 14.8 Å². The van der Waals surface area contributed by atoms with Crippen molar-refractivity contribution in [3.8, 4) is 11.5 Å². The lowest BCUT2D eigenvalue weighted by Crippen LogP contribution is -2.37. The number of hydrogen-bond acceptors (Lipinski definition) is 6. The molecule has 0 saturated carbocycles. The predicted octanol–water partition coefficient (Wildman–Crippen LogP) is 2.25. The van der Waals surface area contributed by atoms with Crippen LogP contribution in [0.2, 0.25) is 0 Å². The number of rotatable bonds is 4. The molecule has 0 radical (unpaired) electrons. The summed E-state index contributed by atoms with van der Waals surface area (Å²) in [5.41, 5.74) is 0.286.